The van der Waals surface area contributed by atoms with E-state index >= 15 is 0 Å². The quantitative estimate of drug-likeness (QED) is 0.812. The fourth-order valence-electron chi connectivity index (χ4n) is 1.73. The molecule has 1 aliphatic carbocycles. The van der Waals surface area contributed by atoms with Gasteiger partial charge in [0, 0.05) is 0 Å². The van der Waals surface area contributed by atoms with Crippen LogP contribution in [0.3, 0.4) is 0 Å². The van der Waals surface area contributed by atoms with Gasteiger partial charge in [0.25, 0.3) is 0 Å². The molecule has 0 heterocycles. The third kappa shape index (κ3) is 1.35. The minimum atomic E-state index is -0.634. The normalized spacial score (nSPS) is 18.3. The topological polar surface area (TPSA) is 40.5 Å². The molecule has 3 heteroatoms. The standard InChI is InChI=1S/C11H13BrO2/c1-6-5-8(11(14)3-4-11)7(2)9(12)10(6)13/h5,13-14H,3-4H2,1-2H3. The van der Waals surface area contributed by atoms with Gasteiger partial charge in [0.15, 0.2) is 0 Å². The summed E-state index contributed by atoms with van der Waals surface area (Å²) in [5.41, 5.74) is 2.05. The monoisotopic (exact) mass is 256 g/mol. The summed E-state index contributed by atoms with van der Waals surface area (Å²) in [5.74, 6) is 0.274. The first-order chi connectivity index (χ1) is 6.46. The van der Waals surface area contributed by atoms with Gasteiger partial charge in [-0.25, -0.2) is 0 Å². The molecule has 1 aromatic carbocycles. The molecule has 1 aliphatic rings. The van der Waals surface area contributed by atoms with Gasteiger partial charge in [0.05, 0.1) is 10.1 Å². The molecule has 0 aromatic heterocycles. The van der Waals surface area contributed by atoms with E-state index in [4.69, 9.17) is 0 Å². The summed E-state index contributed by atoms with van der Waals surface area (Å²) in [6.07, 6.45) is 1.65. The molecule has 14 heavy (non-hydrogen) atoms. The first kappa shape index (κ1) is 9.99. The van der Waals surface area contributed by atoms with Crippen molar-refractivity contribution in [3.63, 3.8) is 0 Å². The zero-order valence-electron chi connectivity index (χ0n) is 8.26. The third-order valence-electron chi connectivity index (χ3n) is 2.90. The maximum Gasteiger partial charge on any atom is 0.132 e. The van der Waals surface area contributed by atoms with E-state index in [0.29, 0.717) is 4.47 Å². The van der Waals surface area contributed by atoms with Crippen LogP contribution in [0.5, 0.6) is 5.75 Å². The van der Waals surface area contributed by atoms with Crippen LogP contribution in [0.15, 0.2) is 10.5 Å². The lowest BCUT2D eigenvalue weighted by Gasteiger charge is -2.15. The second kappa shape index (κ2) is 2.97. The molecule has 1 fully saturated rings. The highest BCUT2D eigenvalue weighted by atomic mass is 79.9. The van der Waals surface area contributed by atoms with Gasteiger partial charge >= 0.3 is 0 Å². The Labute approximate surface area is 91.7 Å². The van der Waals surface area contributed by atoms with Gasteiger partial charge in [-0.05, 0) is 65.4 Å². The van der Waals surface area contributed by atoms with E-state index in [-0.39, 0.29) is 5.75 Å². The van der Waals surface area contributed by atoms with Crippen LogP contribution in [0, 0.1) is 13.8 Å². The van der Waals surface area contributed by atoms with Crippen LogP contribution in [0.4, 0.5) is 0 Å². The van der Waals surface area contributed by atoms with E-state index in [2.05, 4.69) is 15.9 Å². The zero-order chi connectivity index (χ0) is 10.5. The van der Waals surface area contributed by atoms with Gasteiger partial charge in [-0.3, -0.25) is 0 Å². The van der Waals surface area contributed by atoms with E-state index in [0.717, 1.165) is 29.5 Å². The summed E-state index contributed by atoms with van der Waals surface area (Å²) < 4.78 is 0.702. The fourth-order valence-corrected chi connectivity index (χ4v) is 2.26. The predicted molar refractivity (Wildman–Crippen MR) is 58.4 cm³/mol. The second-order valence-corrected chi connectivity index (χ2v) is 4.85. The number of aryl methyl sites for hydroxylation is 1. The van der Waals surface area contributed by atoms with Gasteiger partial charge in [0.1, 0.15) is 5.75 Å². The third-order valence-corrected chi connectivity index (χ3v) is 3.87. The maximum absolute atomic E-state index is 10.0. The van der Waals surface area contributed by atoms with Crippen molar-refractivity contribution in [2.24, 2.45) is 0 Å². The van der Waals surface area contributed by atoms with Gasteiger partial charge in [0.2, 0.25) is 0 Å². The molecular formula is C11H13BrO2. The number of rotatable bonds is 1. The molecule has 76 valence electrons. The number of halogens is 1. The number of aromatic hydroxyl groups is 1. The molecule has 2 rings (SSSR count). The molecule has 2 N–H and O–H groups in total. The summed E-state index contributed by atoms with van der Waals surface area (Å²) in [6.45, 7) is 3.75. The Balaban J connectivity index is 2.62. The predicted octanol–water partition coefficient (Wildman–Crippen LogP) is 2.75. The first-order valence-electron chi connectivity index (χ1n) is 4.67. The van der Waals surface area contributed by atoms with Crippen LogP contribution >= 0.6 is 15.9 Å². The highest BCUT2D eigenvalue weighted by Crippen LogP contribution is 2.49. The lowest BCUT2D eigenvalue weighted by atomic mass is 9.98. The van der Waals surface area contributed by atoms with Crippen LogP contribution in [0.1, 0.15) is 29.5 Å². The first-order valence-corrected chi connectivity index (χ1v) is 5.46. The van der Waals surface area contributed by atoms with E-state index in [1.807, 2.05) is 19.9 Å². The van der Waals surface area contributed by atoms with Crippen molar-refractivity contribution in [3.05, 3.63) is 27.2 Å². The number of benzene rings is 1. The minimum Gasteiger partial charge on any atom is -0.506 e. The number of hydrogen-bond acceptors (Lipinski definition) is 2. The molecular weight excluding hydrogens is 244 g/mol. The average Bonchev–Trinajstić information content (AvgIpc) is 2.87. The summed E-state index contributed by atoms with van der Waals surface area (Å²) in [7, 11) is 0. The molecule has 0 unspecified atom stereocenters. The fraction of sp³-hybridized carbons (Fsp3) is 0.455. The number of hydrogen-bond donors (Lipinski definition) is 2. The summed E-state index contributed by atoms with van der Waals surface area (Å²) in [6, 6.07) is 1.88. The van der Waals surface area contributed by atoms with E-state index in [9.17, 15) is 10.2 Å². The Hall–Kier alpha value is -0.540. The van der Waals surface area contributed by atoms with E-state index < -0.39 is 5.60 Å². The van der Waals surface area contributed by atoms with Gasteiger partial charge in [-0.15, -0.1) is 0 Å². The van der Waals surface area contributed by atoms with E-state index in [1.54, 1.807) is 0 Å². The molecule has 1 saturated carbocycles. The SMILES string of the molecule is Cc1cc(C2(O)CC2)c(C)c(Br)c1O. The van der Waals surface area contributed by atoms with Gasteiger partial charge in [-0.1, -0.05) is 0 Å². The van der Waals surface area contributed by atoms with Crippen LogP contribution in [0.2, 0.25) is 0 Å². The molecule has 2 nitrogen and oxygen atoms in total. The zero-order valence-corrected chi connectivity index (χ0v) is 9.85. The van der Waals surface area contributed by atoms with Gasteiger partial charge < -0.3 is 10.2 Å². The minimum absolute atomic E-state index is 0.274. The van der Waals surface area contributed by atoms with Crippen molar-refractivity contribution in [3.8, 4) is 5.75 Å². The summed E-state index contributed by atoms with van der Waals surface area (Å²) in [5, 5.41) is 19.7. The average molecular weight is 257 g/mol. The van der Waals surface area contributed by atoms with Crippen LogP contribution in [0.25, 0.3) is 0 Å². The Morgan fingerprint density at radius 3 is 2.43 bits per heavy atom. The largest absolute Gasteiger partial charge is 0.506 e. The smallest absolute Gasteiger partial charge is 0.132 e. The van der Waals surface area contributed by atoms with E-state index in [1.165, 1.54) is 0 Å². The van der Waals surface area contributed by atoms with Crippen molar-refractivity contribution < 1.29 is 10.2 Å². The molecule has 0 radical (unpaired) electrons. The molecule has 1 aromatic rings. The van der Waals surface area contributed by atoms with Gasteiger partial charge in [-0.2, -0.15) is 0 Å². The van der Waals surface area contributed by atoms with Crippen molar-refractivity contribution in [2.75, 3.05) is 0 Å². The van der Waals surface area contributed by atoms with Crippen LogP contribution in [-0.4, -0.2) is 10.2 Å². The van der Waals surface area contributed by atoms with Crippen LogP contribution in [-0.2, 0) is 5.60 Å². The lowest BCUT2D eigenvalue weighted by Crippen LogP contribution is -2.07. The Bertz CT molecular complexity index is 395. The number of phenolic OH excluding ortho intramolecular Hbond substituents is 1. The second-order valence-electron chi connectivity index (χ2n) is 4.06. The maximum atomic E-state index is 10.0. The lowest BCUT2D eigenvalue weighted by molar-refractivity contribution is 0.150. The van der Waals surface area contributed by atoms with Crippen LogP contribution < -0.4 is 0 Å². The molecule has 0 bridgehead atoms. The molecule has 0 spiro atoms. The summed E-state index contributed by atoms with van der Waals surface area (Å²) in [4.78, 5) is 0. The highest BCUT2D eigenvalue weighted by Gasteiger charge is 2.43. The van der Waals surface area contributed by atoms with Crippen molar-refractivity contribution in [1.82, 2.24) is 0 Å². The Morgan fingerprint density at radius 1 is 1.36 bits per heavy atom. The Kier molecular flexibility index (Phi) is 2.12. The molecule has 0 atom stereocenters. The van der Waals surface area contributed by atoms with Crippen molar-refractivity contribution in [1.29, 1.82) is 0 Å². The van der Waals surface area contributed by atoms with Crippen molar-refractivity contribution in [2.45, 2.75) is 32.3 Å². The highest BCUT2D eigenvalue weighted by molar-refractivity contribution is 9.10. The number of phenols is 1. The molecule has 0 aliphatic heterocycles. The molecule has 0 amide bonds. The molecule has 0 saturated heterocycles. The number of aliphatic hydroxyl groups is 1. The Morgan fingerprint density at radius 2 is 1.93 bits per heavy atom. The van der Waals surface area contributed by atoms with Crippen molar-refractivity contribution >= 4 is 15.9 Å². The summed E-state index contributed by atoms with van der Waals surface area (Å²) >= 11 is 3.34.